The van der Waals surface area contributed by atoms with Crippen molar-refractivity contribution in [3.63, 3.8) is 0 Å². The molecule has 0 spiro atoms. The minimum absolute atomic E-state index is 0.203. The van der Waals surface area contributed by atoms with Gasteiger partial charge in [-0.25, -0.2) is 0 Å². The lowest BCUT2D eigenvalue weighted by Crippen LogP contribution is -2.59. The number of ether oxygens (including phenoxy) is 4. The topological polar surface area (TPSA) is 152 Å². The molecule has 0 saturated carbocycles. The zero-order chi connectivity index (χ0) is 36.0. The van der Waals surface area contributed by atoms with E-state index in [2.05, 4.69) is 44.2 Å². The smallest absolute Gasteiger partial charge is 0.306 e. The molecule has 0 aromatic rings. The third-order valence-electron chi connectivity index (χ3n) is 8.26. The molecule has 49 heavy (non-hydrogen) atoms. The Morgan fingerprint density at radius 2 is 1.22 bits per heavy atom. The molecule has 0 aliphatic carbocycles. The van der Waals surface area contributed by atoms with Gasteiger partial charge in [-0.1, -0.05) is 114 Å². The van der Waals surface area contributed by atoms with Gasteiger partial charge in [0.15, 0.2) is 12.4 Å². The second-order valence-corrected chi connectivity index (χ2v) is 12.7. The van der Waals surface area contributed by atoms with E-state index in [9.17, 15) is 30.0 Å². The largest absolute Gasteiger partial charge is 0.462 e. The van der Waals surface area contributed by atoms with E-state index in [1.54, 1.807) is 0 Å². The van der Waals surface area contributed by atoms with Crippen LogP contribution < -0.4 is 0 Å². The fraction of sp³-hybridized carbons (Fsp3) is 0.744. The highest BCUT2D eigenvalue weighted by molar-refractivity contribution is 5.70. The molecule has 4 N–H and O–H groups in total. The highest BCUT2D eigenvalue weighted by Gasteiger charge is 2.44. The maximum Gasteiger partial charge on any atom is 0.306 e. The lowest BCUT2D eigenvalue weighted by atomic mass is 9.99. The zero-order valence-corrected chi connectivity index (χ0v) is 30.2. The van der Waals surface area contributed by atoms with Gasteiger partial charge in [0.1, 0.15) is 31.0 Å². The second-order valence-electron chi connectivity index (χ2n) is 12.7. The summed E-state index contributed by atoms with van der Waals surface area (Å²) in [5.41, 5.74) is 0. The Balaban J connectivity index is 2.44. The van der Waals surface area contributed by atoms with Gasteiger partial charge in [-0.05, 0) is 51.4 Å². The summed E-state index contributed by atoms with van der Waals surface area (Å²) in [7, 11) is 0. The van der Waals surface area contributed by atoms with Gasteiger partial charge in [0.25, 0.3) is 0 Å². The molecule has 0 bridgehead atoms. The average molecular weight is 695 g/mol. The maximum absolute atomic E-state index is 12.7. The molecule has 10 nitrogen and oxygen atoms in total. The van der Waals surface area contributed by atoms with Crippen molar-refractivity contribution in [3.8, 4) is 0 Å². The average Bonchev–Trinajstić information content (AvgIpc) is 3.10. The first kappa shape index (κ1) is 44.7. The van der Waals surface area contributed by atoms with Crippen LogP contribution in [-0.2, 0) is 28.5 Å². The van der Waals surface area contributed by atoms with Crippen LogP contribution in [0.25, 0.3) is 0 Å². The number of allylic oxidation sites excluding steroid dienone is 8. The lowest BCUT2D eigenvalue weighted by Gasteiger charge is -2.39. The van der Waals surface area contributed by atoms with E-state index in [-0.39, 0.29) is 26.1 Å². The van der Waals surface area contributed by atoms with Gasteiger partial charge in [0.05, 0.1) is 13.2 Å². The standard InChI is InChI=1S/C39H66O10/c1-3-5-7-9-11-13-15-16-18-20-22-24-26-28-35(42)48-32(31-47-39-38(45)37(44)36(43)33(29-40)49-39)30-46-34(41)27-25-23-21-19-17-14-12-10-8-6-4-2/h5,7,9-13,15,32-33,36-40,43-45H,3-4,6,8,14,16-31H2,1-2H3/b7-5+,11-9+,12-10+,15-13+/t32?,33-,36+,37?,38?,39-/m1/s1. The highest BCUT2D eigenvalue weighted by atomic mass is 16.7. The number of aliphatic hydroxyl groups is 4. The summed E-state index contributed by atoms with van der Waals surface area (Å²) in [5.74, 6) is -0.850. The molecule has 282 valence electrons. The fourth-order valence-corrected chi connectivity index (χ4v) is 5.23. The predicted molar refractivity (Wildman–Crippen MR) is 192 cm³/mol. The minimum Gasteiger partial charge on any atom is -0.462 e. The van der Waals surface area contributed by atoms with Gasteiger partial charge < -0.3 is 39.4 Å². The summed E-state index contributed by atoms with van der Waals surface area (Å²) in [6.45, 7) is 3.18. The Morgan fingerprint density at radius 1 is 0.653 bits per heavy atom. The Morgan fingerprint density at radius 3 is 1.86 bits per heavy atom. The third-order valence-corrected chi connectivity index (χ3v) is 8.26. The normalized spacial score (nSPS) is 22.1. The number of hydrogen-bond acceptors (Lipinski definition) is 10. The monoisotopic (exact) mass is 694 g/mol. The number of rotatable bonds is 29. The summed E-state index contributed by atoms with van der Waals surface area (Å²) >= 11 is 0. The summed E-state index contributed by atoms with van der Waals surface area (Å²) in [6.07, 6.45) is 25.6. The first-order chi connectivity index (χ1) is 23.8. The Labute approximate surface area is 295 Å². The van der Waals surface area contributed by atoms with Gasteiger partial charge >= 0.3 is 11.9 Å². The van der Waals surface area contributed by atoms with Crippen molar-refractivity contribution in [2.45, 2.75) is 166 Å². The van der Waals surface area contributed by atoms with Crippen molar-refractivity contribution in [1.29, 1.82) is 0 Å². The molecule has 1 aliphatic heterocycles. The molecule has 1 saturated heterocycles. The summed E-state index contributed by atoms with van der Waals surface area (Å²) in [4.78, 5) is 25.1. The van der Waals surface area contributed by atoms with E-state index in [4.69, 9.17) is 18.9 Å². The van der Waals surface area contributed by atoms with Crippen LogP contribution in [0.15, 0.2) is 48.6 Å². The Hall–Kier alpha value is -2.34. The fourth-order valence-electron chi connectivity index (χ4n) is 5.23. The number of unbranched alkanes of at least 4 members (excludes halogenated alkanes) is 12. The number of carbonyl (C=O) groups is 2. The van der Waals surface area contributed by atoms with Crippen molar-refractivity contribution in [2.75, 3.05) is 19.8 Å². The van der Waals surface area contributed by atoms with Crippen molar-refractivity contribution < 1.29 is 49.0 Å². The molecule has 0 radical (unpaired) electrons. The molecule has 1 rings (SSSR count). The van der Waals surface area contributed by atoms with Crippen molar-refractivity contribution in [2.24, 2.45) is 0 Å². The van der Waals surface area contributed by atoms with Crippen LogP contribution >= 0.6 is 0 Å². The number of carbonyl (C=O) groups excluding carboxylic acids is 2. The number of esters is 2. The highest BCUT2D eigenvalue weighted by Crippen LogP contribution is 2.22. The maximum atomic E-state index is 12.7. The van der Waals surface area contributed by atoms with E-state index in [0.717, 1.165) is 77.0 Å². The molecular formula is C39H66O10. The van der Waals surface area contributed by atoms with Crippen molar-refractivity contribution in [3.05, 3.63) is 48.6 Å². The summed E-state index contributed by atoms with van der Waals surface area (Å²) < 4.78 is 22.0. The van der Waals surface area contributed by atoms with Gasteiger partial charge in [-0.2, -0.15) is 0 Å². The third kappa shape index (κ3) is 22.9. The molecule has 1 heterocycles. The molecular weight excluding hydrogens is 628 g/mol. The van der Waals surface area contributed by atoms with Crippen LogP contribution in [0.4, 0.5) is 0 Å². The molecule has 6 atom stereocenters. The lowest BCUT2D eigenvalue weighted by molar-refractivity contribution is -0.305. The van der Waals surface area contributed by atoms with Crippen LogP contribution in [-0.4, -0.2) is 89.0 Å². The van der Waals surface area contributed by atoms with E-state index < -0.39 is 55.4 Å². The van der Waals surface area contributed by atoms with E-state index in [0.29, 0.717) is 12.8 Å². The quantitative estimate of drug-likeness (QED) is 0.0294. The van der Waals surface area contributed by atoms with Gasteiger partial charge in [-0.15, -0.1) is 0 Å². The molecule has 1 aliphatic rings. The summed E-state index contributed by atoms with van der Waals surface area (Å²) in [5, 5.41) is 39.9. The number of hydrogen-bond donors (Lipinski definition) is 4. The van der Waals surface area contributed by atoms with Crippen LogP contribution in [0.1, 0.15) is 129 Å². The Kier molecular flexibility index (Phi) is 27.8. The number of aliphatic hydroxyl groups excluding tert-OH is 4. The molecule has 0 aromatic heterocycles. The molecule has 1 fully saturated rings. The van der Waals surface area contributed by atoms with Crippen LogP contribution in [0.2, 0.25) is 0 Å². The second kappa shape index (κ2) is 30.5. The van der Waals surface area contributed by atoms with E-state index in [1.807, 2.05) is 18.2 Å². The molecule has 10 heteroatoms. The van der Waals surface area contributed by atoms with Gasteiger partial charge in [0.2, 0.25) is 0 Å². The first-order valence-electron chi connectivity index (χ1n) is 18.7. The predicted octanol–water partition coefficient (Wildman–Crippen LogP) is 6.54. The molecule has 0 aromatic carbocycles. The van der Waals surface area contributed by atoms with Crippen LogP contribution in [0.5, 0.6) is 0 Å². The molecule has 0 amide bonds. The van der Waals surface area contributed by atoms with Gasteiger partial charge in [-0.3, -0.25) is 9.59 Å². The molecule has 3 unspecified atom stereocenters. The van der Waals surface area contributed by atoms with Crippen molar-refractivity contribution in [1.82, 2.24) is 0 Å². The zero-order valence-electron chi connectivity index (χ0n) is 30.2. The van der Waals surface area contributed by atoms with Gasteiger partial charge in [0, 0.05) is 12.8 Å². The van der Waals surface area contributed by atoms with Crippen molar-refractivity contribution >= 4 is 11.9 Å². The van der Waals surface area contributed by atoms with Crippen LogP contribution in [0.3, 0.4) is 0 Å². The summed E-state index contributed by atoms with van der Waals surface area (Å²) in [6, 6.07) is 0. The van der Waals surface area contributed by atoms with Crippen LogP contribution in [0, 0.1) is 0 Å². The SMILES string of the molecule is CC/C=C/C=C/C=C/CCCCCCCC(=O)OC(COC(=O)CCCCCCC/C=C/CCCC)CO[C@@H]1O[C@H](CO)[C@H](O)C(O)C1O. The van der Waals surface area contributed by atoms with E-state index in [1.165, 1.54) is 12.8 Å². The first-order valence-corrected chi connectivity index (χ1v) is 18.7. The minimum atomic E-state index is -1.60. The van der Waals surface area contributed by atoms with E-state index >= 15 is 0 Å². The Bertz CT molecular complexity index is 944.